The number of benzene rings is 2. The molecule has 0 spiro atoms. The lowest BCUT2D eigenvalue weighted by Crippen LogP contribution is -3.28. The van der Waals surface area contributed by atoms with E-state index in [4.69, 9.17) is 11.6 Å². The summed E-state index contributed by atoms with van der Waals surface area (Å²) in [7, 11) is 0. The van der Waals surface area contributed by atoms with Crippen LogP contribution in [0.4, 0.5) is 10.1 Å². The standard InChI is InChI=1S/C21H23ClFN3O/c22-18-8-9-20(19(23)15-18)24-21(27)16-26-13-11-25(12-14-26)10-4-7-17-5-2-1-3-6-17/h1-9,15H,10-14,16H2,(H,24,27)/p+2/b7-4+. The number of carbonyl (C=O) groups excluding carboxylic acids is 1. The molecule has 0 radical (unpaired) electrons. The molecule has 27 heavy (non-hydrogen) atoms. The highest BCUT2D eigenvalue weighted by Gasteiger charge is 2.24. The van der Waals surface area contributed by atoms with Gasteiger partial charge in [-0.05, 0) is 29.8 Å². The number of anilines is 1. The van der Waals surface area contributed by atoms with Crippen LogP contribution in [0.3, 0.4) is 0 Å². The highest BCUT2D eigenvalue weighted by Crippen LogP contribution is 2.18. The van der Waals surface area contributed by atoms with Crippen molar-refractivity contribution in [3.8, 4) is 0 Å². The van der Waals surface area contributed by atoms with Gasteiger partial charge in [-0.1, -0.05) is 48.0 Å². The van der Waals surface area contributed by atoms with E-state index in [2.05, 4.69) is 29.6 Å². The number of amides is 1. The van der Waals surface area contributed by atoms with Crippen LogP contribution in [0.5, 0.6) is 0 Å². The summed E-state index contributed by atoms with van der Waals surface area (Å²) in [4.78, 5) is 14.9. The molecule has 1 aliphatic rings. The first-order chi connectivity index (χ1) is 13.1. The van der Waals surface area contributed by atoms with E-state index < -0.39 is 5.82 Å². The van der Waals surface area contributed by atoms with Gasteiger partial charge in [0.15, 0.2) is 6.54 Å². The highest BCUT2D eigenvalue weighted by molar-refractivity contribution is 6.30. The maximum Gasteiger partial charge on any atom is 0.279 e. The molecule has 1 saturated heterocycles. The Hall–Kier alpha value is -2.21. The van der Waals surface area contributed by atoms with E-state index >= 15 is 0 Å². The molecule has 1 fully saturated rings. The average molecular weight is 390 g/mol. The number of hydrogen-bond donors (Lipinski definition) is 3. The Balaban J connectivity index is 1.40. The zero-order valence-corrected chi connectivity index (χ0v) is 15.9. The third-order valence-electron chi connectivity index (χ3n) is 4.80. The maximum atomic E-state index is 13.8. The van der Waals surface area contributed by atoms with Gasteiger partial charge in [-0.3, -0.25) is 4.79 Å². The number of halogens is 2. The van der Waals surface area contributed by atoms with Crippen LogP contribution in [0.15, 0.2) is 54.6 Å². The topological polar surface area (TPSA) is 38.0 Å². The van der Waals surface area contributed by atoms with E-state index in [0.29, 0.717) is 11.6 Å². The van der Waals surface area contributed by atoms with Gasteiger partial charge in [0.25, 0.3) is 5.91 Å². The van der Waals surface area contributed by atoms with E-state index in [1.807, 2.05) is 18.2 Å². The SMILES string of the molecule is O=C(C[NH+]1CC[NH+](C/C=C/c2ccccc2)CC1)Nc1ccc(Cl)cc1F. The van der Waals surface area contributed by atoms with Crippen LogP contribution < -0.4 is 15.1 Å². The van der Waals surface area contributed by atoms with Crippen molar-refractivity contribution in [2.75, 3.05) is 44.6 Å². The molecule has 1 amide bonds. The Labute approximate surface area is 164 Å². The van der Waals surface area contributed by atoms with Gasteiger partial charge < -0.3 is 15.1 Å². The Kier molecular flexibility index (Phi) is 6.98. The molecule has 3 rings (SSSR count). The van der Waals surface area contributed by atoms with Gasteiger partial charge in [-0.15, -0.1) is 0 Å². The summed E-state index contributed by atoms with van der Waals surface area (Å²) in [5.41, 5.74) is 1.39. The molecule has 0 unspecified atom stereocenters. The predicted molar refractivity (Wildman–Crippen MR) is 107 cm³/mol. The van der Waals surface area contributed by atoms with Crippen LogP contribution in [0.1, 0.15) is 5.56 Å². The maximum absolute atomic E-state index is 13.8. The monoisotopic (exact) mass is 389 g/mol. The Bertz CT molecular complexity index is 789. The minimum Gasteiger partial charge on any atom is -0.322 e. The second-order valence-corrected chi connectivity index (χ2v) is 7.30. The first-order valence-electron chi connectivity index (χ1n) is 9.24. The van der Waals surface area contributed by atoms with Crippen molar-refractivity contribution < 1.29 is 19.0 Å². The first-order valence-corrected chi connectivity index (χ1v) is 9.61. The van der Waals surface area contributed by atoms with E-state index in [-0.39, 0.29) is 11.6 Å². The van der Waals surface area contributed by atoms with Gasteiger partial charge in [0, 0.05) is 5.02 Å². The minimum absolute atomic E-state index is 0.168. The van der Waals surface area contributed by atoms with Crippen LogP contribution in [0, 0.1) is 5.82 Å². The van der Waals surface area contributed by atoms with Gasteiger partial charge in [0.1, 0.15) is 32.0 Å². The zero-order valence-electron chi connectivity index (χ0n) is 15.2. The molecule has 0 atom stereocenters. The van der Waals surface area contributed by atoms with Crippen molar-refractivity contribution >= 4 is 29.3 Å². The van der Waals surface area contributed by atoms with Gasteiger partial charge in [0.05, 0.1) is 12.2 Å². The van der Waals surface area contributed by atoms with Gasteiger partial charge in [-0.2, -0.15) is 0 Å². The quantitative estimate of drug-likeness (QED) is 0.675. The molecule has 1 aliphatic heterocycles. The number of carbonyl (C=O) groups is 1. The lowest BCUT2D eigenvalue weighted by Gasteiger charge is -2.28. The fourth-order valence-electron chi connectivity index (χ4n) is 3.28. The van der Waals surface area contributed by atoms with E-state index in [9.17, 15) is 9.18 Å². The number of piperazine rings is 1. The molecule has 2 aromatic rings. The first kappa shape index (κ1) is 19.5. The van der Waals surface area contributed by atoms with Gasteiger partial charge in [-0.25, -0.2) is 4.39 Å². The minimum atomic E-state index is -0.509. The lowest BCUT2D eigenvalue weighted by molar-refractivity contribution is -1.01. The molecule has 142 valence electrons. The molecule has 0 saturated carbocycles. The fraction of sp³-hybridized carbons (Fsp3) is 0.286. The lowest BCUT2D eigenvalue weighted by atomic mass is 10.2. The molecule has 3 N–H and O–H groups in total. The van der Waals surface area contributed by atoms with Crippen LogP contribution >= 0.6 is 11.6 Å². The van der Waals surface area contributed by atoms with Crippen molar-refractivity contribution in [3.05, 3.63) is 71.0 Å². The summed E-state index contributed by atoms with van der Waals surface area (Å²) in [6.45, 7) is 5.27. The Morgan fingerprint density at radius 3 is 2.48 bits per heavy atom. The van der Waals surface area contributed by atoms with Crippen molar-refractivity contribution in [1.82, 2.24) is 0 Å². The van der Waals surface area contributed by atoms with Crippen LogP contribution in [0.2, 0.25) is 5.02 Å². The molecular weight excluding hydrogens is 365 g/mol. The summed E-state index contributed by atoms with van der Waals surface area (Å²) >= 11 is 5.73. The van der Waals surface area contributed by atoms with E-state index in [0.717, 1.165) is 32.7 Å². The Morgan fingerprint density at radius 1 is 1.07 bits per heavy atom. The summed E-state index contributed by atoms with van der Waals surface area (Å²) in [6, 6.07) is 14.5. The zero-order chi connectivity index (χ0) is 19.1. The van der Waals surface area contributed by atoms with Gasteiger partial charge >= 0.3 is 0 Å². The fourth-order valence-corrected chi connectivity index (χ4v) is 3.43. The highest BCUT2D eigenvalue weighted by atomic mass is 35.5. The second kappa shape index (κ2) is 9.65. The molecule has 0 aromatic heterocycles. The predicted octanol–water partition coefficient (Wildman–Crippen LogP) is 0.914. The summed E-state index contributed by atoms with van der Waals surface area (Å²) < 4.78 is 13.8. The summed E-state index contributed by atoms with van der Waals surface area (Å²) in [5.74, 6) is -0.677. The van der Waals surface area contributed by atoms with Crippen LogP contribution in [0.25, 0.3) is 6.08 Å². The molecule has 4 nitrogen and oxygen atoms in total. The molecule has 6 heteroatoms. The molecule has 1 heterocycles. The third-order valence-corrected chi connectivity index (χ3v) is 5.03. The van der Waals surface area contributed by atoms with Crippen molar-refractivity contribution in [2.24, 2.45) is 0 Å². The van der Waals surface area contributed by atoms with Crippen LogP contribution in [-0.2, 0) is 4.79 Å². The van der Waals surface area contributed by atoms with Gasteiger partial charge in [0.2, 0.25) is 0 Å². The smallest absolute Gasteiger partial charge is 0.279 e. The largest absolute Gasteiger partial charge is 0.322 e. The van der Waals surface area contributed by atoms with Crippen LogP contribution in [-0.4, -0.2) is 45.2 Å². The average Bonchev–Trinajstić information content (AvgIpc) is 2.66. The molecular formula is C21H25ClFN3O+2. The van der Waals surface area contributed by atoms with E-state index in [1.165, 1.54) is 27.5 Å². The summed E-state index contributed by atoms with van der Waals surface area (Å²) in [6.07, 6.45) is 4.37. The number of hydrogen-bond acceptors (Lipinski definition) is 1. The number of rotatable bonds is 6. The molecule has 0 bridgehead atoms. The van der Waals surface area contributed by atoms with Crippen molar-refractivity contribution in [1.29, 1.82) is 0 Å². The third kappa shape index (κ3) is 6.17. The Morgan fingerprint density at radius 2 is 1.78 bits per heavy atom. The van der Waals surface area contributed by atoms with Crippen molar-refractivity contribution in [3.63, 3.8) is 0 Å². The molecule has 0 aliphatic carbocycles. The number of quaternary nitrogens is 2. The second-order valence-electron chi connectivity index (χ2n) is 6.87. The van der Waals surface area contributed by atoms with Crippen molar-refractivity contribution in [2.45, 2.75) is 0 Å². The molecule has 2 aromatic carbocycles. The normalized spacial score (nSPS) is 19.9. The van der Waals surface area contributed by atoms with E-state index in [1.54, 1.807) is 6.07 Å². The number of nitrogens with one attached hydrogen (secondary N) is 3. The summed E-state index contributed by atoms with van der Waals surface area (Å²) in [5, 5.41) is 2.95.